The van der Waals surface area contributed by atoms with Crippen molar-refractivity contribution in [3.05, 3.63) is 40.1 Å². The van der Waals surface area contributed by atoms with Crippen LogP contribution in [0.3, 0.4) is 0 Å². The van der Waals surface area contributed by atoms with E-state index in [0.717, 1.165) is 12.3 Å². The molecule has 1 aliphatic rings. The molecule has 0 aliphatic carbocycles. The average molecular weight is 368 g/mol. The Bertz CT molecular complexity index is 742. The quantitative estimate of drug-likeness (QED) is 0.606. The van der Waals surface area contributed by atoms with Crippen LogP contribution in [0.2, 0.25) is 0 Å². The van der Waals surface area contributed by atoms with Gasteiger partial charge in [-0.05, 0) is 12.5 Å². The summed E-state index contributed by atoms with van der Waals surface area (Å²) in [5, 5.41) is 0. The molecule has 2 rings (SSSR count). The van der Waals surface area contributed by atoms with Gasteiger partial charge in [0.05, 0.1) is 15.9 Å². The van der Waals surface area contributed by atoms with E-state index in [0.29, 0.717) is 6.42 Å². The van der Waals surface area contributed by atoms with E-state index in [1.165, 1.54) is 17.0 Å². The van der Waals surface area contributed by atoms with Crippen molar-refractivity contribution < 1.29 is 56.3 Å². The number of benzene rings is 1. The van der Waals surface area contributed by atoms with Crippen LogP contribution in [0, 0.1) is 11.6 Å². The van der Waals surface area contributed by atoms with Gasteiger partial charge in [-0.1, -0.05) is 12.1 Å². The van der Waals surface area contributed by atoms with Gasteiger partial charge in [0.25, 0.3) is 0 Å². The number of sulfonamides is 1. The van der Waals surface area contributed by atoms with E-state index in [1.54, 1.807) is 0 Å². The third kappa shape index (κ3) is 5.51. The summed E-state index contributed by atoms with van der Waals surface area (Å²) in [7, 11) is -3.80. The summed E-state index contributed by atoms with van der Waals surface area (Å²) < 4.78 is 51.9. The van der Waals surface area contributed by atoms with Crippen molar-refractivity contribution in [1.82, 2.24) is 4.90 Å². The minimum absolute atomic E-state index is 0. The Morgan fingerprint density at radius 2 is 2.04 bits per heavy atom. The molecule has 6 nitrogen and oxygen atoms in total. The molecule has 0 radical (unpaired) electrons. The summed E-state index contributed by atoms with van der Waals surface area (Å²) in [6.45, 7) is -0.181. The number of nitrogens with zero attached hydrogens (tertiary/aromatic N) is 2. The minimum Gasteiger partial charge on any atom is -0.546 e. The van der Waals surface area contributed by atoms with E-state index in [-0.39, 0.29) is 60.4 Å². The number of carbonyl (C=O) groups excluding carboxylic acids is 2. The van der Waals surface area contributed by atoms with Gasteiger partial charge >= 0.3 is 29.6 Å². The van der Waals surface area contributed by atoms with Crippen molar-refractivity contribution in [2.45, 2.75) is 31.8 Å². The molecule has 1 unspecified atom stereocenters. The summed E-state index contributed by atoms with van der Waals surface area (Å²) in [6.07, 6.45) is 1.02. The fourth-order valence-electron chi connectivity index (χ4n) is 2.50. The van der Waals surface area contributed by atoms with Gasteiger partial charge in [-0.15, -0.1) is 0 Å². The number of rotatable bonds is 5. The summed E-state index contributed by atoms with van der Waals surface area (Å²) in [6, 6.07) is 3.07. The molecule has 0 saturated carbocycles. The molecule has 1 aliphatic heterocycles. The number of hydrogen-bond donors (Lipinski definition) is 0. The second kappa shape index (κ2) is 8.37. The Morgan fingerprint density at radius 3 is 2.67 bits per heavy atom. The predicted octanol–water partition coefficient (Wildman–Crippen LogP) is -1.29. The van der Waals surface area contributed by atoms with Crippen LogP contribution in [-0.2, 0) is 26.2 Å². The Kier molecular flexibility index (Phi) is 7.33. The number of likely N-dealkylation sites (tertiary alicyclic amines) is 1. The second-order valence-electron chi connectivity index (χ2n) is 5.35. The van der Waals surface area contributed by atoms with E-state index in [1.807, 2.05) is 0 Å². The molecule has 2 amide bonds. The fraction of sp³-hybridized carbons (Fsp3) is 0.429. The maximum atomic E-state index is 13.7. The number of halogens is 2. The Labute approximate surface area is 160 Å². The van der Waals surface area contributed by atoms with Crippen molar-refractivity contribution >= 4 is 21.8 Å². The Morgan fingerprint density at radius 1 is 1.38 bits per heavy atom. The first kappa shape index (κ1) is 21.0. The van der Waals surface area contributed by atoms with E-state index >= 15 is 0 Å². The molecule has 0 bridgehead atoms. The average Bonchev–Trinajstić information content (AvgIpc) is 2.74. The first-order valence-corrected chi connectivity index (χ1v) is 8.70. The number of hydrogen-bond acceptors (Lipinski definition) is 4. The molecule has 1 atom stereocenters. The van der Waals surface area contributed by atoms with Crippen molar-refractivity contribution in [2.75, 3.05) is 6.26 Å². The van der Waals surface area contributed by atoms with Crippen molar-refractivity contribution in [3.63, 3.8) is 0 Å². The van der Waals surface area contributed by atoms with Gasteiger partial charge in [-0.2, -0.15) is 0 Å². The third-order valence-corrected chi connectivity index (χ3v) is 4.04. The van der Waals surface area contributed by atoms with Crippen LogP contribution >= 0.6 is 0 Å². The summed E-state index contributed by atoms with van der Waals surface area (Å²) in [4.78, 5) is 24.8. The van der Waals surface area contributed by atoms with Crippen LogP contribution in [-0.4, -0.2) is 37.4 Å². The molecule has 0 aromatic heterocycles. The molecule has 0 spiro atoms. The van der Waals surface area contributed by atoms with Gasteiger partial charge in [0, 0.05) is 37.2 Å². The topological polar surface area (TPSA) is 85.6 Å². The standard InChI is InChI=1S/C14H16F2N2O4S.Na/c1-23(21,22)17-12(19)7-10-5-6-13(20)18(10)8-9-3-2-4-11(15)14(9)16;/h2-4,10H,5-8H2,1H3,(H,17,19);/q;+1/p-1. The van der Waals surface area contributed by atoms with Gasteiger partial charge in [-0.3, -0.25) is 4.79 Å². The smallest absolute Gasteiger partial charge is 0.546 e. The zero-order valence-corrected chi connectivity index (χ0v) is 16.1. The molecule has 1 saturated heterocycles. The molecule has 1 aromatic carbocycles. The van der Waals surface area contributed by atoms with Gasteiger partial charge < -0.3 is 14.4 Å². The second-order valence-corrected chi connectivity index (χ2v) is 7.00. The normalized spacial score (nSPS) is 17.5. The zero-order chi connectivity index (χ0) is 17.2. The Hall–Kier alpha value is -1.03. The molecule has 1 fully saturated rings. The minimum atomic E-state index is -3.80. The maximum Gasteiger partial charge on any atom is 1.00 e. The first-order valence-electron chi connectivity index (χ1n) is 6.85. The maximum absolute atomic E-state index is 13.7. The van der Waals surface area contributed by atoms with Crippen LogP contribution in [0.15, 0.2) is 18.2 Å². The van der Waals surface area contributed by atoms with E-state index in [9.17, 15) is 26.8 Å². The zero-order valence-electron chi connectivity index (χ0n) is 13.3. The van der Waals surface area contributed by atoms with Crippen molar-refractivity contribution in [3.8, 4) is 0 Å². The monoisotopic (exact) mass is 368 g/mol. The molecule has 1 aromatic rings. The van der Waals surface area contributed by atoms with Gasteiger partial charge in [0.2, 0.25) is 5.91 Å². The Balaban J connectivity index is 0.00000288. The fourth-order valence-corrected chi connectivity index (χ4v) is 2.95. The molecule has 126 valence electrons. The van der Waals surface area contributed by atoms with E-state index in [2.05, 4.69) is 4.72 Å². The summed E-state index contributed by atoms with van der Waals surface area (Å²) in [5.74, 6) is -3.23. The number of carbonyl (C=O) groups is 2. The third-order valence-electron chi connectivity index (χ3n) is 3.50. The largest absolute Gasteiger partial charge is 1.00 e. The summed E-state index contributed by atoms with van der Waals surface area (Å²) >= 11 is 0. The van der Waals surface area contributed by atoms with Gasteiger partial charge in [0.1, 0.15) is 0 Å². The van der Waals surface area contributed by atoms with Crippen LogP contribution < -0.4 is 29.6 Å². The molecule has 0 N–H and O–H groups in total. The predicted molar refractivity (Wildman–Crippen MR) is 77.8 cm³/mol. The van der Waals surface area contributed by atoms with Gasteiger partial charge in [-0.25, -0.2) is 17.2 Å². The van der Waals surface area contributed by atoms with Gasteiger partial charge in [0.15, 0.2) is 11.6 Å². The van der Waals surface area contributed by atoms with Crippen LogP contribution in [0.25, 0.3) is 4.72 Å². The number of amides is 2. The SMILES string of the molecule is CS(=O)(=O)[N-]C(=O)CC1CCC(=O)N1Cc1cccc(F)c1F.[Na+]. The van der Waals surface area contributed by atoms with Crippen LogP contribution in [0.5, 0.6) is 0 Å². The molecular weight excluding hydrogens is 353 g/mol. The van der Waals surface area contributed by atoms with E-state index < -0.39 is 33.6 Å². The first-order chi connectivity index (χ1) is 10.7. The molecule has 1 heterocycles. The molecule has 10 heteroatoms. The van der Waals surface area contributed by atoms with Crippen molar-refractivity contribution in [2.24, 2.45) is 0 Å². The molecule has 24 heavy (non-hydrogen) atoms. The van der Waals surface area contributed by atoms with Crippen LogP contribution in [0.4, 0.5) is 8.78 Å². The molecular formula is C14H15F2N2NaO4S. The van der Waals surface area contributed by atoms with Crippen LogP contribution in [0.1, 0.15) is 24.8 Å². The van der Waals surface area contributed by atoms with Crippen molar-refractivity contribution in [1.29, 1.82) is 0 Å². The van der Waals surface area contributed by atoms with E-state index in [4.69, 9.17) is 0 Å². The summed E-state index contributed by atoms with van der Waals surface area (Å²) in [5.41, 5.74) is -0.00208.